The molecule has 0 aliphatic rings. The fraction of sp³-hybridized carbons (Fsp3) is 0.176. The second kappa shape index (κ2) is 6.71. The summed E-state index contributed by atoms with van der Waals surface area (Å²) in [6.07, 6.45) is 2.51. The molecule has 0 spiro atoms. The minimum absolute atomic E-state index is 0.282. The molecule has 0 aliphatic heterocycles. The zero-order valence-corrected chi connectivity index (χ0v) is 13.4. The number of carbonyl (C=O) groups is 1. The maximum atomic E-state index is 12.4. The predicted molar refractivity (Wildman–Crippen MR) is 89.6 cm³/mol. The van der Waals surface area contributed by atoms with Crippen molar-refractivity contribution in [2.24, 2.45) is 0 Å². The minimum atomic E-state index is -0.282. The Balaban J connectivity index is 1.87. The van der Waals surface area contributed by atoms with Crippen molar-refractivity contribution in [2.75, 3.05) is 5.32 Å². The third-order valence-corrected chi connectivity index (χ3v) is 3.54. The average Bonchev–Trinajstić information content (AvgIpc) is 3.16. The van der Waals surface area contributed by atoms with Gasteiger partial charge in [-0.2, -0.15) is 5.10 Å². The van der Waals surface area contributed by atoms with Gasteiger partial charge in [0.25, 0.3) is 5.91 Å². The summed E-state index contributed by atoms with van der Waals surface area (Å²) < 4.78 is 7.21. The minimum Gasteiger partial charge on any atom is -0.463 e. The lowest BCUT2D eigenvalue weighted by Gasteiger charge is -2.03. The summed E-state index contributed by atoms with van der Waals surface area (Å²) in [5.74, 6) is 0.405. The van der Waals surface area contributed by atoms with Gasteiger partial charge in [-0.3, -0.25) is 9.48 Å². The number of rotatable bonds is 5. The van der Waals surface area contributed by atoms with E-state index in [1.807, 2.05) is 12.1 Å². The van der Waals surface area contributed by atoms with Crippen LogP contribution in [0.3, 0.4) is 0 Å². The van der Waals surface area contributed by atoms with Gasteiger partial charge in [0.1, 0.15) is 5.69 Å². The van der Waals surface area contributed by atoms with Gasteiger partial charge in [-0.1, -0.05) is 24.6 Å². The molecule has 1 amide bonds. The van der Waals surface area contributed by atoms with Gasteiger partial charge in [-0.05, 0) is 36.8 Å². The molecular weight excluding hydrogens is 314 g/mol. The first-order chi connectivity index (χ1) is 11.2. The van der Waals surface area contributed by atoms with Gasteiger partial charge in [-0.25, -0.2) is 0 Å². The zero-order valence-electron chi connectivity index (χ0n) is 12.6. The smallest absolute Gasteiger partial charge is 0.276 e. The van der Waals surface area contributed by atoms with Gasteiger partial charge in [0.2, 0.25) is 0 Å². The van der Waals surface area contributed by atoms with E-state index in [9.17, 15) is 4.79 Å². The number of hydrogen-bond acceptors (Lipinski definition) is 3. The summed E-state index contributed by atoms with van der Waals surface area (Å²) in [5, 5.41) is 7.75. The molecule has 0 saturated carbocycles. The van der Waals surface area contributed by atoms with Crippen molar-refractivity contribution in [3.63, 3.8) is 0 Å². The highest BCUT2D eigenvalue weighted by Crippen LogP contribution is 2.22. The van der Waals surface area contributed by atoms with Crippen LogP contribution >= 0.6 is 11.6 Å². The van der Waals surface area contributed by atoms with Gasteiger partial charge >= 0.3 is 0 Å². The SMILES string of the molecule is CCCn1nc(C(=O)Nc2cccc(Cl)c2)cc1-c1ccco1. The number of halogens is 1. The molecule has 0 fully saturated rings. The third kappa shape index (κ3) is 3.46. The first-order valence-corrected chi connectivity index (χ1v) is 7.74. The monoisotopic (exact) mass is 329 g/mol. The maximum Gasteiger partial charge on any atom is 0.276 e. The number of hydrogen-bond donors (Lipinski definition) is 1. The van der Waals surface area contributed by atoms with Crippen molar-refractivity contribution in [3.05, 3.63) is 59.4 Å². The van der Waals surface area contributed by atoms with Crippen LogP contribution in [0.2, 0.25) is 5.02 Å². The van der Waals surface area contributed by atoms with E-state index in [4.69, 9.17) is 16.0 Å². The van der Waals surface area contributed by atoms with Crippen molar-refractivity contribution in [1.82, 2.24) is 9.78 Å². The Morgan fingerprint density at radius 1 is 1.30 bits per heavy atom. The number of aryl methyl sites for hydroxylation is 1. The second-order valence-electron chi connectivity index (χ2n) is 5.08. The van der Waals surface area contributed by atoms with E-state index in [1.54, 1.807) is 41.3 Å². The molecule has 1 aromatic carbocycles. The van der Waals surface area contributed by atoms with Crippen molar-refractivity contribution in [3.8, 4) is 11.5 Å². The molecule has 0 radical (unpaired) electrons. The number of nitrogens with zero attached hydrogens (tertiary/aromatic N) is 2. The Kier molecular flexibility index (Phi) is 4.48. The topological polar surface area (TPSA) is 60.1 Å². The van der Waals surface area contributed by atoms with E-state index in [0.29, 0.717) is 28.7 Å². The Morgan fingerprint density at radius 2 is 2.17 bits per heavy atom. The number of anilines is 1. The standard InChI is InChI=1S/C17H16ClN3O2/c1-2-8-21-15(16-7-4-9-23-16)11-14(20-21)17(22)19-13-6-3-5-12(18)10-13/h3-7,9-11H,2,8H2,1H3,(H,19,22). The molecule has 23 heavy (non-hydrogen) atoms. The van der Waals surface area contributed by atoms with Crippen molar-refractivity contribution >= 4 is 23.2 Å². The molecule has 2 heterocycles. The molecule has 5 nitrogen and oxygen atoms in total. The molecule has 3 rings (SSSR count). The fourth-order valence-electron chi connectivity index (χ4n) is 2.29. The van der Waals surface area contributed by atoms with Gasteiger partial charge < -0.3 is 9.73 Å². The Labute approximate surface area is 138 Å². The van der Waals surface area contributed by atoms with Gasteiger partial charge in [-0.15, -0.1) is 0 Å². The van der Waals surface area contributed by atoms with Crippen LogP contribution in [0.4, 0.5) is 5.69 Å². The van der Waals surface area contributed by atoms with E-state index in [-0.39, 0.29) is 5.91 Å². The molecule has 1 N–H and O–H groups in total. The van der Waals surface area contributed by atoms with Gasteiger partial charge in [0.15, 0.2) is 11.5 Å². The van der Waals surface area contributed by atoms with Crippen molar-refractivity contribution in [1.29, 1.82) is 0 Å². The Hall–Kier alpha value is -2.53. The summed E-state index contributed by atoms with van der Waals surface area (Å²) >= 11 is 5.93. The van der Waals surface area contributed by atoms with Crippen LogP contribution in [0.15, 0.2) is 53.1 Å². The van der Waals surface area contributed by atoms with E-state index in [1.165, 1.54) is 0 Å². The average molecular weight is 330 g/mol. The van der Waals surface area contributed by atoms with Gasteiger partial charge in [0, 0.05) is 23.3 Å². The fourth-order valence-corrected chi connectivity index (χ4v) is 2.48. The first kappa shape index (κ1) is 15.4. The zero-order chi connectivity index (χ0) is 16.2. The lowest BCUT2D eigenvalue weighted by Crippen LogP contribution is -2.13. The molecule has 118 valence electrons. The lowest BCUT2D eigenvalue weighted by molar-refractivity contribution is 0.102. The number of amides is 1. The van der Waals surface area contributed by atoms with Crippen LogP contribution in [0.1, 0.15) is 23.8 Å². The molecule has 6 heteroatoms. The van der Waals surface area contributed by atoms with Crippen LogP contribution < -0.4 is 5.32 Å². The molecule has 0 atom stereocenters. The van der Waals surface area contributed by atoms with E-state index >= 15 is 0 Å². The summed E-state index contributed by atoms with van der Waals surface area (Å²) in [6.45, 7) is 2.76. The lowest BCUT2D eigenvalue weighted by atomic mass is 10.2. The summed E-state index contributed by atoms with van der Waals surface area (Å²) in [6, 6.07) is 12.4. The predicted octanol–water partition coefficient (Wildman–Crippen LogP) is 4.46. The molecule has 0 aliphatic carbocycles. The molecule has 0 bridgehead atoms. The van der Waals surface area contributed by atoms with Crippen molar-refractivity contribution < 1.29 is 9.21 Å². The van der Waals surface area contributed by atoms with Crippen LogP contribution in [-0.4, -0.2) is 15.7 Å². The normalized spacial score (nSPS) is 10.7. The summed E-state index contributed by atoms with van der Waals surface area (Å²) in [7, 11) is 0. The Bertz CT molecular complexity index is 809. The van der Waals surface area contributed by atoms with E-state index < -0.39 is 0 Å². The largest absolute Gasteiger partial charge is 0.463 e. The Morgan fingerprint density at radius 3 is 2.87 bits per heavy atom. The third-order valence-electron chi connectivity index (χ3n) is 3.30. The van der Waals surface area contributed by atoms with Gasteiger partial charge in [0.05, 0.1) is 6.26 Å². The molecule has 0 unspecified atom stereocenters. The molecule has 2 aromatic heterocycles. The number of carbonyl (C=O) groups excluding carboxylic acids is 1. The van der Waals surface area contributed by atoms with Crippen LogP contribution in [0.25, 0.3) is 11.5 Å². The van der Waals surface area contributed by atoms with Crippen LogP contribution in [-0.2, 0) is 6.54 Å². The highest BCUT2D eigenvalue weighted by molar-refractivity contribution is 6.30. The van der Waals surface area contributed by atoms with E-state index in [2.05, 4.69) is 17.3 Å². The number of nitrogens with one attached hydrogen (secondary N) is 1. The van der Waals surface area contributed by atoms with Crippen LogP contribution in [0, 0.1) is 0 Å². The molecule has 3 aromatic rings. The van der Waals surface area contributed by atoms with Crippen molar-refractivity contribution in [2.45, 2.75) is 19.9 Å². The highest BCUT2D eigenvalue weighted by atomic mass is 35.5. The molecule has 0 saturated heterocycles. The maximum absolute atomic E-state index is 12.4. The molecular formula is C17H16ClN3O2. The number of aromatic nitrogens is 2. The summed E-state index contributed by atoms with van der Waals surface area (Å²) in [4.78, 5) is 12.4. The first-order valence-electron chi connectivity index (χ1n) is 7.36. The summed E-state index contributed by atoms with van der Waals surface area (Å²) in [5.41, 5.74) is 1.75. The van der Waals surface area contributed by atoms with Crippen LogP contribution in [0.5, 0.6) is 0 Å². The quantitative estimate of drug-likeness (QED) is 0.751. The van der Waals surface area contributed by atoms with E-state index in [0.717, 1.165) is 12.1 Å². The number of benzene rings is 1. The highest BCUT2D eigenvalue weighted by Gasteiger charge is 2.17. The number of furan rings is 1. The second-order valence-corrected chi connectivity index (χ2v) is 5.52.